The fourth-order valence-corrected chi connectivity index (χ4v) is 13.0. The molecule has 0 fully saturated rings. The maximum Gasteiger partial charge on any atom is 0.296 e. The molecule has 0 aliphatic rings. The van der Waals surface area contributed by atoms with E-state index < -0.39 is 91.5 Å². The molecule has 0 spiro atoms. The number of carbonyl (C=O) groups excluding carboxylic acids is 1. The Hall–Kier alpha value is -7.41. The highest BCUT2D eigenvalue weighted by Crippen LogP contribution is 2.49. The number of rotatable bonds is 20. The van der Waals surface area contributed by atoms with Crippen molar-refractivity contribution in [1.82, 2.24) is 4.98 Å². The van der Waals surface area contributed by atoms with Crippen LogP contribution in [0.3, 0.4) is 0 Å². The van der Waals surface area contributed by atoms with Gasteiger partial charge in [0.05, 0.1) is 26.2 Å². The number of unbranched alkanes of at least 4 members (excludes halogenated alkanes) is 1. The predicted octanol–water partition coefficient (Wildman–Crippen LogP) is 12.0. The summed E-state index contributed by atoms with van der Waals surface area (Å²) in [5.41, 5.74) is -0.985. The van der Waals surface area contributed by atoms with Crippen molar-refractivity contribution >= 4 is 152 Å². The van der Waals surface area contributed by atoms with Crippen molar-refractivity contribution in [2.75, 3.05) is 16.0 Å². The summed E-state index contributed by atoms with van der Waals surface area (Å²) in [6.45, 7) is 5.25. The van der Waals surface area contributed by atoms with Crippen LogP contribution in [0.2, 0.25) is 10.0 Å². The number of amides is 1. The van der Waals surface area contributed by atoms with Gasteiger partial charge in [-0.1, -0.05) is 73.4 Å². The Morgan fingerprint density at radius 1 is 0.622 bits per heavy atom. The Bertz CT molecular complexity index is 4530. The topological polar surface area (TPSA) is 435 Å². The van der Waals surface area contributed by atoms with E-state index in [1.54, 1.807) is 0 Å². The van der Waals surface area contributed by atoms with Crippen LogP contribution in [0.25, 0.3) is 21.9 Å². The smallest absolute Gasteiger partial charge is 0.296 e. The number of benzene rings is 5. The number of carbonyl (C=O) groups is 1. The molecule has 0 saturated heterocycles. The highest BCUT2D eigenvalue weighted by atomic mass is 35.5. The average molecular weight is 1280 g/mol. The van der Waals surface area contributed by atoms with E-state index in [2.05, 4.69) is 41.4 Å². The summed E-state index contributed by atoms with van der Waals surface area (Å²) in [7, 11) is -25.9. The Morgan fingerprint density at radius 2 is 1.13 bits per heavy atom. The van der Waals surface area contributed by atoms with Crippen LogP contribution in [-0.2, 0) is 55.4 Å². The zero-order valence-corrected chi connectivity index (χ0v) is 48.5. The van der Waals surface area contributed by atoms with E-state index in [-0.39, 0.29) is 88.4 Å². The van der Waals surface area contributed by atoms with Crippen molar-refractivity contribution in [2.45, 2.75) is 70.9 Å². The van der Waals surface area contributed by atoms with Gasteiger partial charge in [-0.15, -0.1) is 20.5 Å². The second-order valence-corrected chi connectivity index (χ2v) is 26.2. The predicted molar refractivity (Wildman–Crippen MR) is 301 cm³/mol. The normalized spacial score (nSPS) is 12.8. The number of nitrogens with one attached hydrogen (secondary N) is 3. The first-order chi connectivity index (χ1) is 38.3. The van der Waals surface area contributed by atoms with E-state index in [9.17, 15) is 80.2 Å². The summed E-state index contributed by atoms with van der Waals surface area (Å²) in [6, 6.07) is 19.0. The van der Waals surface area contributed by atoms with Crippen molar-refractivity contribution in [1.29, 1.82) is 10.5 Å². The molecule has 8 N–H and O–H groups in total. The molecule has 2 aromatic heterocycles. The quantitative estimate of drug-likeness (QED) is 0.0259. The van der Waals surface area contributed by atoms with E-state index in [1.807, 2.05) is 26.0 Å². The largest absolute Gasteiger partial charge is 0.339 e. The highest BCUT2D eigenvalue weighted by Gasteiger charge is 2.28. The molecule has 0 saturated carbocycles. The fraction of sp³-hybridized carbons (Fsp3) is 0.167. The third-order valence-corrected chi connectivity index (χ3v) is 18.2. The van der Waals surface area contributed by atoms with Crippen molar-refractivity contribution < 1.29 is 69.6 Å². The van der Waals surface area contributed by atoms with Crippen molar-refractivity contribution in [3.63, 3.8) is 0 Å². The van der Waals surface area contributed by atoms with Crippen LogP contribution in [-0.4, -0.2) is 75.7 Å². The van der Waals surface area contributed by atoms with E-state index >= 15 is 0 Å². The zero-order valence-electron chi connectivity index (χ0n) is 42.1. The number of azo groups is 2. The maximum absolute atomic E-state index is 13.2. The number of pyridine rings is 1. The molecule has 34 heteroatoms. The molecule has 0 aliphatic heterocycles. The molecule has 26 nitrogen and oxygen atoms in total. The number of fused-ring (bicyclic) bond motifs is 1. The van der Waals surface area contributed by atoms with Gasteiger partial charge >= 0.3 is 0 Å². The van der Waals surface area contributed by atoms with Gasteiger partial charge in [-0.25, -0.2) is 4.98 Å². The number of thiophene rings is 1. The van der Waals surface area contributed by atoms with Gasteiger partial charge in [-0.3, -0.25) is 27.6 Å². The van der Waals surface area contributed by atoms with Gasteiger partial charge in [0.2, 0.25) is 5.91 Å². The summed E-state index contributed by atoms with van der Waals surface area (Å²) in [5, 5.41) is 44.2. The minimum Gasteiger partial charge on any atom is -0.339 e. The van der Waals surface area contributed by atoms with E-state index in [0.29, 0.717) is 48.1 Å². The van der Waals surface area contributed by atoms with Crippen molar-refractivity contribution in [3.8, 4) is 23.3 Å². The first kappa shape index (κ1) is 62.2. The number of nitrogens with zero attached hydrogens (tertiary/aromatic N) is 7. The van der Waals surface area contributed by atoms with Crippen molar-refractivity contribution in [2.24, 2.45) is 26.4 Å². The third-order valence-electron chi connectivity index (χ3n) is 12.0. The molecule has 1 unspecified atom stereocenters. The number of hydrogen-bond donors (Lipinski definition) is 8. The third kappa shape index (κ3) is 14.1. The molecular weight excluding hydrogens is 1240 g/mol. The first-order valence-electron chi connectivity index (χ1n) is 23.2. The average Bonchev–Trinajstić information content (AvgIpc) is 2.60. The Morgan fingerprint density at radius 3 is 1.65 bits per heavy atom. The standard InChI is InChI=1S/C48H40Cl2N10O16S6/c1-4-6-7-25(5-2)46(61)55-27-10-8-26(9-11-27)42-35(23-52)47(77-48(42)60-57-30-16-32-33(38(19-30)79(65,66)67)20-31(78(62,63)64)21-39(32)80(68,69)70)59-58-43-24(3)34(22-51)44(53-28-12-14-36(49)40(17-28)81(71,72)73)56-45(43)54-29-13-15-37(50)41(18-29)82(74,75)76/h8-21,25H,4-7H2,1-3H3,(H,55,61)(H2,53,54,56)(H,62,63,64)(H,65,66,67)(H,68,69,70)(H,71,72,73)(H,74,75,76). The van der Waals surface area contributed by atoms with Gasteiger partial charge in [-0.2, -0.15) is 52.6 Å². The Labute approximate surface area is 482 Å². The first-order valence-corrected chi connectivity index (χ1v) is 31.9. The molecule has 5 aromatic carbocycles. The number of aromatic nitrogens is 1. The van der Waals surface area contributed by atoms with Crippen LogP contribution in [0.15, 0.2) is 130 Å². The Balaban J connectivity index is 1.45. The van der Waals surface area contributed by atoms with Crippen LogP contribution in [0, 0.1) is 35.5 Å². The lowest BCUT2D eigenvalue weighted by Crippen LogP contribution is -2.22. The highest BCUT2D eigenvalue weighted by molar-refractivity contribution is 7.87. The lowest BCUT2D eigenvalue weighted by atomic mass is 9.98. The molecule has 428 valence electrons. The lowest BCUT2D eigenvalue weighted by Gasteiger charge is -2.16. The molecular formula is C48H40Cl2N10O16S6. The second kappa shape index (κ2) is 24.2. The SMILES string of the molecule is CCCCC(CC)C(=O)Nc1ccc(-c2c(N=Nc3cc(S(=O)(=O)O)c4cc(S(=O)(=O)O)cc(S(=O)(=O)O)c4c3)sc(N=Nc3c(Nc4ccc(Cl)c(S(=O)(=O)O)c4)nc(Nc4ccc(Cl)c(S(=O)(=O)O)c4)c(C#N)c3C)c2C#N)cc1. The summed E-state index contributed by atoms with van der Waals surface area (Å²) in [5.74, 6) is -1.14. The Kier molecular flexibility index (Phi) is 18.4. The van der Waals surface area contributed by atoms with Gasteiger partial charge in [-0.05, 0) is 98.1 Å². The van der Waals surface area contributed by atoms with E-state index in [4.69, 9.17) is 23.2 Å². The van der Waals surface area contributed by atoms with Gasteiger partial charge in [0.1, 0.15) is 48.0 Å². The van der Waals surface area contributed by atoms with E-state index in [1.165, 1.54) is 43.3 Å². The van der Waals surface area contributed by atoms with Crippen LogP contribution < -0.4 is 16.0 Å². The van der Waals surface area contributed by atoms with Crippen LogP contribution in [0.1, 0.15) is 56.2 Å². The molecule has 0 bridgehead atoms. The number of hydrogen-bond acceptors (Lipinski definition) is 21. The van der Waals surface area contributed by atoms with Gasteiger partial charge in [0, 0.05) is 44.9 Å². The van der Waals surface area contributed by atoms with Gasteiger partial charge < -0.3 is 16.0 Å². The minimum absolute atomic E-state index is 0.0223. The van der Waals surface area contributed by atoms with Crippen LogP contribution >= 0.6 is 34.5 Å². The summed E-state index contributed by atoms with van der Waals surface area (Å²) in [4.78, 5) is 12.7. The van der Waals surface area contributed by atoms with E-state index in [0.717, 1.165) is 43.2 Å². The molecule has 1 amide bonds. The molecule has 7 rings (SSSR count). The molecule has 1 atom stereocenters. The minimum atomic E-state index is -5.43. The summed E-state index contributed by atoms with van der Waals surface area (Å²) in [6.07, 6.45) is 2.88. The molecule has 7 aromatic rings. The van der Waals surface area contributed by atoms with Gasteiger partial charge in [0.25, 0.3) is 50.6 Å². The van der Waals surface area contributed by atoms with Crippen molar-refractivity contribution in [3.05, 3.63) is 112 Å². The van der Waals surface area contributed by atoms with Crippen LogP contribution in [0.5, 0.6) is 0 Å². The lowest BCUT2D eigenvalue weighted by molar-refractivity contribution is -0.120. The molecule has 0 radical (unpaired) electrons. The number of nitriles is 2. The zero-order chi connectivity index (χ0) is 60.4. The summed E-state index contributed by atoms with van der Waals surface area (Å²) >= 11 is 12.7. The van der Waals surface area contributed by atoms with Crippen LogP contribution in [0.4, 0.5) is 50.1 Å². The molecule has 0 aliphatic carbocycles. The summed E-state index contributed by atoms with van der Waals surface area (Å²) < 4.78 is 174. The maximum atomic E-state index is 13.2. The fourth-order valence-electron chi connectivity index (χ4n) is 8.01. The molecule has 82 heavy (non-hydrogen) atoms. The molecule has 2 heterocycles. The van der Waals surface area contributed by atoms with Gasteiger partial charge in [0.15, 0.2) is 16.6 Å². The number of anilines is 5. The number of halogens is 2. The second-order valence-electron chi connectivity index (χ2n) is 17.4. The monoisotopic (exact) mass is 1270 g/mol.